The summed E-state index contributed by atoms with van der Waals surface area (Å²) < 4.78 is 1.73. The number of fused-ring (bicyclic) bond motifs is 1. The monoisotopic (exact) mass is 294 g/mol. The SMILES string of the molecule is Cc1cc(C)cc(C(=O)NCc2ccc3c(c2)nnn3C)c1. The molecule has 1 N–H and O–H groups in total. The summed E-state index contributed by atoms with van der Waals surface area (Å²) in [4.78, 5) is 12.2. The van der Waals surface area contributed by atoms with Gasteiger partial charge in [-0.15, -0.1) is 5.10 Å². The summed E-state index contributed by atoms with van der Waals surface area (Å²) in [7, 11) is 1.86. The van der Waals surface area contributed by atoms with E-state index in [0.717, 1.165) is 27.7 Å². The van der Waals surface area contributed by atoms with Crippen molar-refractivity contribution in [3.05, 3.63) is 58.7 Å². The molecule has 22 heavy (non-hydrogen) atoms. The van der Waals surface area contributed by atoms with Gasteiger partial charge in [-0.25, -0.2) is 4.68 Å². The van der Waals surface area contributed by atoms with Crippen molar-refractivity contribution in [3.63, 3.8) is 0 Å². The Balaban J connectivity index is 1.74. The van der Waals surface area contributed by atoms with Crippen LogP contribution in [0.5, 0.6) is 0 Å². The van der Waals surface area contributed by atoms with Crippen molar-refractivity contribution in [3.8, 4) is 0 Å². The molecule has 0 atom stereocenters. The summed E-state index contributed by atoms with van der Waals surface area (Å²) in [5.41, 5.74) is 5.69. The van der Waals surface area contributed by atoms with E-state index in [0.29, 0.717) is 12.1 Å². The van der Waals surface area contributed by atoms with Gasteiger partial charge in [-0.3, -0.25) is 4.79 Å². The van der Waals surface area contributed by atoms with E-state index in [-0.39, 0.29) is 5.91 Å². The van der Waals surface area contributed by atoms with Crippen LogP contribution in [0.15, 0.2) is 36.4 Å². The molecular weight excluding hydrogens is 276 g/mol. The Morgan fingerprint density at radius 2 is 1.86 bits per heavy atom. The van der Waals surface area contributed by atoms with E-state index in [1.165, 1.54) is 0 Å². The van der Waals surface area contributed by atoms with Gasteiger partial charge in [0.2, 0.25) is 0 Å². The van der Waals surface area contributed by atoms with Crippen LogP contribution in [0.1, 0.15) is 27.0 Å². The summed E-state index contributed by atoms with van der Waals surface area (Å²) in [6, 6.07) is 11.7. The first-order valence-electron chi connectivity index (χ1n) is 7.18. The van der Waals surface area contributed by atoms with Crippen LogP contribution in [0.2, 0.25) is 0 Å². The highest BCUT2D eigenvalue weighted by molar-refractivity contribution is 5.94. The van der Waals surface area contributed by atoms with Crippen molar-refractivity contribution in [2.45, 2.75) is 20.4 Å². The molecule has 0 aliphatic rings. The molecule has 5 nitrogen and oxygen atoms in total. The molecule has 112 valence electrons. The fourth-order valence-corrected chi connectivity index (χ4v) is 2.59. The molecule has 1 amide bonds. The number of amides is 1. The largest absolute Gasteiger partial charge is 0.348 e. The van der Waals surface area contributed by atoms with E-state index >= 15 is 0 Å². The molecule has 0 radical (unpaired) electrons. The van der Waals surface area contributed by atoms with Gasteiger partial charge >= 0.3 is 0 Å². The fourth-order valence-electron chi connectivity index (χ4n) is 2.59. The number of aromatic nitrogens is 3. The first-order valence-corrected chi connectivity index (χ1v) is 7.18. The Hall–Kier alpha value is -2.69. The molecule has 1 heterocycles. The smallest absolute Gasteiger partial charge is 0.251 e. The number of aryl methyl sites for hydroxylation is 3. The van der Waals surface area contributed by atoms with Gasteiger partial charge in [-0.1, -0.05) is 28.5 Å². The Labute approximate surface area is 129 Å². The van der Waals surface area contributed by atoms with Crippen LogP contribution in [0.25, 0.3) is 11.0 Å². The molecule has 1 aromatic heterocycles. The molecule has 0 aliphatic carbocycles. The lowest BCUT2D eigenvalue weighted by atomic mass is 10.1. The third kappa shape index (κ3) is 2.83. The van der Waals surface area contributed by atoms with Gasteiger partial charge in [0.15, 0.2) is 0 Å². The Kier molecular flexibility index (Phi) is 3.63. The number of rotatable bonds is 3. The number of benzene rings is 2. The Morgan fingerprint density at radius 3 is 2.59 bits per heavy atom. The molecule has 5 heteroatoms. The van der Waals surface area contributed by atoms with Crippen LogP contribution < -0.4 is 5.32 Å². The molecule has 0 spiro atoms. The molecule has 0 unspecified atom stereocenters. The molecule has 3 aromatic rings. The van der Waals surface area contributed by atoms with Crippen LogP contribution in [-0.2, 0) is 13.6 Å². The average Bonchev–Trinajstić information content (AvgIpc) is 2.85. The predicted molar refractivity (Wildman–Crippen MR) is 85.6 cm³/mol. The van der Waals surface area contributed by atoms with E-state index in [9.17, 15) is 4.79 Å². The molecule has 0 fully saturated rings. The zero-order chi connectivity index (χ0) is 15.7. The number of hydrogen-bond acceptors (Lipinski definition) is 3. The number of carbonyl (C=O) groups excluding carboxylic acids is 1. The van der Waals surface area contributed by atoms with Gasteiger partial charge in [0.1, 0.15) is 5.52 Å². The minimum atomic E-state index is -0.0638. The average molecular weight is 294 g/mol. The van der Waals surface area contributed by atoms with Gasteiger partial charge in [0.05, 0.1) is 5.52 Å². The van der Waals surface area contributed by atoms with Crippen LogP contribution >= 0.6 is 0 Å². The fraction of sp³-hybridized carbons (Fsp3) is 0.235. The maximum absolute atomic E-state index is 12.2. The zero-order valence-corrected chi connectivity index (χ0v) is 12.9. The van der Waals surface area contributed by atoms with Crippen molar-refractivity contribution in [2.75, 3.05) is 0 Å². The molecular formula is C17H18N4O. The lowest BCUT2D eigenvalue weighted by Gasteiger charge is -2.07. The summed E-state index contributed by atoms with van der Waals surface area (Å²) in [6.07, 6.45) is 0. The molecule has 3 rings (SSSR count). The maximum Gasteiger partial charge on any atom is 0.251 e. The first kappa shape index (κ1) is 14.3. The highest BCUT2D eigenvalue weighted by Crippen LogP contribution is 2.13. The summed E-state index contributed by atoms with van der Waals surface area (Å²) in [6.45, 7) is 4.45. The first-order chi connectivity index (χ1) is 10.5. The van der Waals surface area contributed by atoms with Crippen LogP contribution in [0.3, 0.4) is 0 Å². The number of nitrogens with zero attached hydrogens (tertiary/aromatic N) is 3. The second-order valence-corrected chi connectivity index (χ2v) is 5.60. The molecule has 2 aromatic carbocycles. The summed E-state index contributed by atoms with van der Waals surface area (Å²) in [5.74, 6) is -0.0638. The van der Waals surface area contributed by atoms with Crippen molar-refractivity contribution in [1.29, 1.82) is 0 Å². The van der Waals surface area contributed by atoms with E-state index in [4.69, 9.17) is 0 Å². The lowest BCUT2D eigenvalue weighted by molar-refractivity contribution is 0.0950. The van der Waals surface area contributed by atoms with Gasteiger partial charge in [0.25, 0.3) is 5.91 Å². The molecule has 0 bridgehead atoms. The number of carbonyl (C=O) groups is 1. The minimum Gasteiger partial charge on any atom is -0.348 e. The van der Waals surface area contributed by atoms with E-state index in [2.05, 4.69) is 21.7 Å². The van der Waals surface area contributed by atoms with E-state index in [1.54, 1.807) is 4.68 Å². The minimum absolute atomic E-state index is 0.0638. The second-order valence-electron chi connectivity index (χ2n) is 5.60. The predicted octanol–water partition coefficient (Wildman–Crippen LogP) is 2.52. The second kappa shape index (κ2) is 5.60. The Bertz CT molecular complexity index is 831. The van der Waals surface area contributed by atoms with Gasteiger partial charge < -0.3 is 5.32 Å². The lowest BCUT2D eigenvalue weighted by Crippen LogP contribution is -2.22. The van der Waals surface area contributed by atoms with Crippen molar-refractivity contribution in [2.24, 2.45) is 7.05 Å². The third-order valence-corrected chi connectivity index (χ3v) is 3.61. The van der Waals surface area contributed by atoms with Crippen LogP contribution in [0.4, 0.5) is 0 Å². The van der Waals surface area contributed by atoms with Crippen LogP contribution in [0, 0.1) is 13.8 Å². The normalized spacial score (nSPS) is 10.9. The maximum atomic E-state index is 12.2. The summed E-state index contributed by atoms with van der Waals surface area (Å²) >= 11 is 0. The van der Waals surface area contributed by atoms with Crippen LogP contribution in [-0.4, -0.2) is 20.9 Å². The summed E-state index contributed by atoms with van der Waals surface area (Å²) in [5, 5.41) is 11.0. The topological polar surface area (TPSA) is 59.8 Å². The van der Waals surface area contributed by atoms with Gasteiger partial charge in [-0.05, 0) is 43.7 Å². The molecule has 0 saturated heterocycles. The van der Waals surface area contributed by atoms with Gasteiger partial charge in [-0.2, -0.15) is 0 Å². The highest BCUT2D eigenvalue weighted by atomic mass is 16.1. The van der Waals surface area contributed by atoms with Gasteiger partial charge in [0, 0.05) is 19.2 Å². The Morgan fingerprint density at radius 1 is 1.14 bits per heavy atom. The standard InChI is InChI=1S/C17H18N4O/c1-11-6-12(2)8-14(7-11)17(22)18-10-13-4-5-16-15(9-13)19-20-21(16)3/h4-9H,10H2,1-3H3,(H,18,22). The quantitative estimate of drug-likeness (QED) is 0.807. The van der Waals surface area contributed by atoms with Crippen molar-refractivity contribution in [1.82, 2.24) is 20.3 Å². The number of hydrogen-bond donors (Lipinski definition) is 1. The van der Waals surface area contributed by atoms with E-state index < -0.39 is 0 Å². The third-order valence-electron chi connectivity index (χ3n) is 3.61. The highest BCUT2D eigenvalue weighted by Gasteiger charge is 2.08. The van der Waals surface area contributed by atoms with Crippen molar-refractivity contribution >= 4 is 16.9 Å². The zero-order valence-electron chi connectivity index (χ0n) is 12.9. The molecule has 0 aliphatic heterocycles. The van der Waals surface area contributed by atoms with Crippen molar-refractivity contribution < 1.29 is 4.79 Å². The van der Waals surface area contributed by atoms with E-state index in [1.807, 2.05) is 51.2 Å². The number of nitrogens with one attached hydrogen (secondary N) is 1. The molecule has 0 saturated carbocycles.